The normalized spacial score (nSPS) is 21.2. The molecule has 0 spiro atoms. The molecule has 0 saturated carbocycles. The first-order valence-corrected chi connectivity index (χ1v) is 5.94. The second-order valence-electron chi connectivity index (χ2n) is 4.22. The molecule has 1 heterocycles. The number of likely N-dealkylation sites (tertiary alicyclic amines) is 1. The Morgan fingerprint density at radius 2 is 2.25 bits per heavy atom. The van der Waals surface area contributed by atoms with Crippen molar-refractivity contribution in [2.75, 3.05) is 26.7 Å². The van der Waals surface area contributed by atoms with E-state index in [1.165, 1.54) is 18.4 Å². The maximum absolute atomic E-state index is 5.65. The Morgan fingerprint density at radius 1 is 1.44 bits per heavy atom. The quantitative estimate of drug-likeness (QED) is 0.840. The highest BCUT2D eigenvalue weighted by molar-refractivity contribution is 5.36. The van der Waals surface area contributed by atoms with Crippen molar-refractivity contribution in [2.24, 2.45) is 5.73 Å². The zero-order chi connectivity index (χ0) is 11.4. The van der Waals surface area contributed by atoms with E-state index in [1.54, 1.807) is 7.11 Å². The summed E-state index contributed by atoms with van der Waals surface area (Å²) in [6, 6.07) is 8.79. The van der Waals surface area contributed by atoms with Crippen LogP contribution in [0.15, 0.2) is 24.3 Å². The molecule has 0 amide bonds. The van der Waals surface area contributed by atoms with Gasteiger partial charge in [-0.15, -0.1) is 0 Å². The lowest BCUT2D eigenvalue weighted by Gasteiger charge is -2.25. The summed E-state index contributed by atoms with van der Waals surface area (Å²) in [5.41, 5.74) is 6.95. The molecule has 0 unspecified atom stereocenters. The van der Waals surface area contributed by atoms with Crippen LogP contribution in [0.25, 0.3) is 0 Å². The minimum absolute atomic E-state index is 0.486. The molecule has 88 valence electrons. The molecule has 3 nitrogen and oxygen atoms in total. The maximum atomic E-state index is 5.65. The van der Waals surface area contributed by atoms with E-state index in [1.807, 2.05) is 12.1 Å². The van der Waals surface area contributed by atoms with Gasteiger partial charge in [0.15, 0.2) is 0 Å². The Labute approximate surface area is 97.2 Å². The number of para-hydroxylation sites is 1. The van der Waals surface area contributed by atoms with Gasteiger partial charge in [-0.25, -0.2) is 0 Å². The van der Waals surface area contributed by atoms with Gasteiger partial charge in [-0.3, -0.25) is 4.90 Å². The molecule has 3 heteroatoms. The second kappa shape index (κ2) is 5.32. The molecule has 1 fully saturated rings. The first kappa shape index (κ1) is 11.4. The number of nitrogens with two attached hydrogens (primary N) is 1. The van der Waals surface area contributed by atoms with Gasteiger partial charge in [-0.05, 0) is 25.5 Å². The summed E-state index contributed by atoms with van der Waals surface area (Å²) in [5, 5.41) is 0. The van der Waals surface area contributed by atoms with Gasteiger partial charge in [-0.2, -0.15) is 0 Å². The minimum atomic E-state index is 0.486. The van der Waals surface area contributed by atoms with Gasteiger partial charge in [0.1, 0.15) is 5.75 Å². The predicted molar refractivity (Wildman–Crippen MR) is 65.6 cm³/mol. The van der Waals surface area contributed by atoms with Gasteiger partial charge in [0.25, 0.3) is 0 Å². The third-order valence-electron chi connectivity index (χ3n) is 3.28. The van der Waals surface area contributed by atoms with Gasteiger partial charge < -0.3 is 10.5 Å². The first-order chi connectivity index (χ1) is 7.86. The van der Waals surface area contributed by atoms with E-state index in [9.17, 15) is 0 Å². The summed E-state index contributed by atoms with van der Waals surface area (Å²) in [5.74, 6) is 0.997. The van der Waals surface area contributed by atoms with Gasteiger partial charge >= 0.3 is 0 Å². The molecule has 0 aliphatic carbocycles. The van der Waals surface area contributed by atoms with Crippen LogP contribution < -0.4 is 10.5 Å². The predicted octanol–water partition coefficient (Wildman–Crippen LogP) is 1.79. The van der Waals surface area contributed by atoms with Crippen LogP contribution in [0.2, 0.25) is 0 Å². The third kappa shape index (κ3) is 2.20. The topological polar surface area (TPSA) is 38.5 Å². The Bertz CT molecular complexity index is 340. The zero-order valence-electron chi connectivity index (χ0n) is 9.86. The lowest BCUT2D eigenvalue weighted by atomic mass is 10.0. The first-order valence-electron chi connectivity index (χ1n) is 5.94. The van der Waals surface area contributed by atoms with E-state index in [2.05, 4.69) is 17.0 Å². The molecule has 0 aromatic heterocycles. The van der Waals surface area contributed by atoms with Crippen LogP contribution in [0.1, 0.15) is 24.4 Å². The highest BCUT2D eigenvalue weighted by Gasteiger charge is 2.27. The fourth-order valence-electron chi connectivity index (χ4n) is 2.55. The molecule has 2 N–H and O–H groups in total. The lowest BCUT2D eigenvalue weighted by Crippen LogP contribution is -2.29. The van der Waals surface area contributed by atoms with Gasteiger partial charge in [0, 0.05) is 24.7 Å². The molecular formula is C13H20N2O. The SMILES string of the molecule is COc1ccccc1[C@@H]1CCCN1CCN. The monoisotopic (exact) mass is 220 g/mol. The van der Waals surface area contributed by atoms with Crippen LogP contribution in [-0.2, 0) is 0 Å². The summed E-state index contributed by atoms with van der Waals surface area (Å²) in [6.07, 6.45) is 2.46. The van der Waals surface area contributed by atoms with E-state index in [-0.39, 0.29) is 0 Å². The number of benzene rings is 1. The summed E-state index contributed by atoms with van der Waals surface area (Å²) in [6.45, 7) is 2.86. The smallest absolute Gasteiger partial charge is 0.123 e. The van der Waals surface area contributed by atoms with Gasteiger partial charge in [0.05, 0.1) is 7.11 Å². The molecule has 0 bridgehead atoms. The number of ether oxygens (including phenoxy) is 1. The summed E-state index contributed by atoms with van der Waals surface area (Å²) in [4.78, 5) is 2.46. The Kier molecular flexibility index (Phi) is 3.80. The summed E-state index contributed by atoms with van der Waals surface area (Å²) < 4.78 is 5.43. The second-order valence-corrected chi connectivity index (χ2v) is 4.22. The number of hydrogen-bond acceptors (Lipinski definition) is 3. The highest BCUT2D eigenvalue weighted by atomic mass is 16.5. The van der Waals surface area contributed by atoms with Crippen molar-refractivity contribution in [3.63, 3.8) is 0 Å². The van der Waals surface area contributed by atoms with Crippen LogP contribution in [0.3, 0.4) is 0 Å². The number of methoxy groups -OCH3 is 1. The van der Waals surface area contributed by atoms with E-state index in [0.29, 0.717) is 6.04 Å². The molecule has 16 heavy (non-hydrogen) atoms. The van der Waals surface area contributed by atoms with Crippen molar-refractivity contribution in [1.82, 2.24) is 4.90 Å². The van der Waals surface area contributed by atoms with E-state index >= 15 is 0 Å². The van der Waals surface area contributed by atoms with E-state index in [4.69, 9.17) is 10.5 Å². The van der Waals surface area contributed by atoms with Crippen LogP contribution in [0, 0.1) is 0 Å². The molecule has 1 saturated heterocycles. The Hall–Kier alpha value is -1.06. The van der Waals surface area contributed by atoms with E-state index < -0.39 is 0 Å². The molecule has 1 atom stereocenters. The number of nitrogens with zero attached hydrogens (tertiary/aromatic N) is 1. The van der Waals surface area contributed by atoms with Crippen molar-refractivity contribution in [1.29, 1.82) is 0 Å². The van der Waals surface area contributed by atoms with E-state index in [0.717, 1.165) is 25.4 Å². The molecule has 0 radical (unpaired) electrons. The highest BCUT2D eigenvalue weighted by Crippen LogP contribution is 2.36. The van der Waals surface area contributed by atoms with Crippen molar-refractivity contribution >= 4 is 0 Å². The lowest BCUT2D eigenvalue weighted by molar-refractivity contribution is 0.258. The molecule has 2 rings (SSSR count). The van der Waals surface area contributed by atoms with Crippen molar-refractivity contribution in [2.45, 2.75) is 18.9 Å². The largest absolute Gasteiger partial charge is 0.496 e. The van der Waals surface area contributed by atoms with Crippen LogP contribution in [-0.4, -0.2) is 31.6 Å². The molecule has 1 aromatic rings. The van der Waals surface area contributed by atoms with Crippen LogP contribution in [0.5, 0.6) is 5.75 Å². The molecule has 1 aliphatic rings. The average molecular weight is 220 g/mol. The molecular weight excluding hydrogens is 200 g/mol. The summed E-state index contributed by atoms with van der Waals surface area (Å²) >= 11 is 0. The average Bonchev–Trinajstić information content (AvgIpc) is 2.77. The number of hydrogen-bond donors (Lipinski definition) is 1. The Morgan fingerprint density at radius 3 is 3.00 bits per heavy atom. The van der Waals surface area contributed by atoms with Crippen molar-refractivity contribution in [3.8, 4) is 5.75 Å². The Balaban J connectivity index is 2.21. The fourth-order valence-corrected chi connectivity index (χ4v) is 2.55. The van der Waals surface area contributed by atoms with Gasteiger partial charge in [-0.1, -0.05) is 18.2 Å². The summed E-state index contributed by atoms with van der Waals surface area (Å²) in [7, 11) is 1.74. The zero-order valence-corrected chi connectivity index (χ0v) is 9.86. The maximum Gasteiger partial charge on any atom is 0.123 e. The fraction of sp³-hybridized carbons (Fsp3) is 0.538. The molecule has 1 aromatic carbocycles. The third-order valence-corrected chi connectivity index (χ3v) is 3.28. The minimum Gasteiger partial charge on any atom is -0.496 e. The van der Waals surface area contributed by atoms with Crippen molar-refractivity contribution < 1.29 is 4.74 Å². The van der Waals surface area contributed by atoms with Gasteiger partial charge in [0.2, 0.25) is 0 Å². The number of rotatable bonds is 4. The van der Waals surface area contributed by atoms with Crippen LogP contribution in [0.4, 0.5) is 0 Å². The molecule has 1 aliphatic heterocycles. The van der Waals surface area contributed by atoms with Crippen molar-refractivity contribution in [3.05, 3.63) is 29.8 Å². The van der Waals surface area contributed by atoms with Crippen LogP contribution >= 0.6 is 0 Å². The standard InChI is InChI=1S/C13H20N2O/c1-16-13-7-3-2-5-11(13)12-6-4-9-15(12)10-8-14/h2-3,5,7,12H,4,6,8-10,14H2,1H3/t12-/m0/s1.